The highest BCUT2D eigenvalue weighted by Crippen LogP contribution is 2.41. The van der Waals surface area contributed by atoms with E-state index in [2.05, 4.69) is 52.0 Å². The van der Waals surface area contributed by atoms with Crippen molar-refractivity contribution >= 4 is 0 Å². The quantitative estimate of drug-likeness (QED) is 0.461. The summed E-state index contributed by atoms with van der Waals surface area (Å²) in [6.07, 6.45) is 10.5. The molecule has 1 saturated carbocycles. The molecule has 1 aliphatic carbocycles. The maximum Gasteiger partial charge on any atom is 0.128 e. The Hall–Kier alpha value is -1.87. The molecule has 0 spiro atoms. The van der Waals surface area contributed by atoms with Crippen LogP contribution >= 0.6 is 0 Å². The molecular formula is C26H37NO2. The van der Waals surface area contributed by atoms with Crippen LogP contribution in [0, 0.1) is 5.92 Å². The van der Waals surface area contributed by atoms with Gasteiger partial charge >= 0.3 is 0 Å². The van der Waals surface area contributed by atoms with Crippen molar-refractivity contribution in [1.82, 2.24) is 4.98 Å². The minimum Gasteiger partial charge on any atom is -0.493 e. The Labute approximate surface area is 176 Å². The van der Waals surface area contributed by atoms with Crippen molar-refractivity contribution in [2.75, 3.05) is 13.2 Å². The minimum absolute atomic E-state index is 0.0791. The molecule has 1 aromatic carbocycles. The fourth-order valence-electron chi connectivity index (χ4n) is 4.75. The van der Waals surface area contributed by atoms with Crippen LogP contribution in [0.3, 0.4) is 0 Å². The fourth-order valence-corrected chi connectivity index (χ4v) is 4.75. The van der Waals surface area contributed by atoms with E-state index in [0.717, 1.165) is 29.8 Å². The first-order valence-electron chi connectivity index (χ1n) is 11.6. The van der Waals surface area contributed by atoms with Crippen molar-refractivity contribution in [3.63, 3.8) is 0 Å². The second-order valence-corrected chi connectivity index (χ2v) is 7.97. The predicted molar refractivity (Wildman–Crippen MR) is 121 cm³/mol. The van der Waals surface area contributed by atoms with E-state index in [9.17, 15) is 0 Å². The largest absolute Gasteiger partial charge is 0.493 e. The molecule has 1 atom stereocenters. The molecular weight excluding hydrogens is 358 g/mol. The van der Waals surface area contributed by atoms with Crippen LogP contribution in [0.5, 0.6) is 5.75 Å². The van der Waals surface area contributed by atoms with Gasteiger partial charge in [-0.1, -0.05) is 51.3 Å². The number of hydrogen-bond acceptors (Lipinski definition) is 3. The normalized spacial score (nSPS) is 16.0. The third-order valence-electron chi connectivity index (χ3n) is 6.18. The van der Waals surface area contributed by atoms with Crippen molar-refractivity contribution in [3.05, 3.63) is 47.2 Å². The molecule has 0 N–H and O–H groups in total. The predicted octanol–water partition coefficient (Wildman–Crippen LogP) is 6.93. The first-order chi connectivity index (χ1) is 14.2. The van der Waals surface area contributed by atoms with Gasteiger partial charge in [-0.05, 0) is 56.6 Å². The average molecular weight is 396 g/mol. The Morgan fingerprint density at radius 1 is 0.966 bits per heavy atom. The standard InChI is InChI=1S/C26H37NO2/c1-5-19-15-12-16-20(6-2)25(19)23-17-24(28-7-3)22(18-27-23)26(29-8-4)21-13-10-9-11-14-21/h12,15-18,21,26H,5-11,13-14H2,1-4H3/t26-/m0/s1. The van der Waals surface area contributed by atoms with Gasteiger partial charge in [0, 0.05) is 30.0 Å². The Balaban J connectivity index is 2.05. The molecule has 1 fully saturated rings. The van der Waals surface area contributed by atoms with Crippen molar-refractivity contribution in [3.8, 4) is 17.0 Å². The zero-order valence-electron chi connectivity index (χ0n) is 18.7. The van der Waals surface area contributed by atoms with Crippen LogP contribution in [-0.4, -0.2) is 18.2 Å². The number of ether oxygens (including phenoxy) is 2. The lowest BCUT2D eigenvalue weighted by Crippen LogP contribution is -2.20. The van der Waals surface area contributed by atoms with Crippen LogP contribution in [0.1, 0.15) is 82.6 Å². The summed E-state index contributed by atoms with van der Waals surface area (Å²) in [5.74, 6) is 1.50. The molecule has 3 heteroatoms. The van der Waals surface area contributed by atoms with E-state index in [1.165, 1.54) is 48.8 Å². The second-order valence-electron chi connectivity index (χ2n) is 7.97. The van der Waals surface area contributed by atoms with Gasteiger partial charge in [-0.3, -0.25) is 4.98 Å². The minimum atomic E-state index is 0.0791. The smallest absolute Gasteiger partial charge is 0.128 e. The van der Waals surface area contributed by atoms with Crippen LogP contribution in [0.2, 0.25) is 0 Å². The third-order valence-corrected chi connectivity index (χ3v) is 6.18. The van der Waals surface area contributed by atoms with Gasteiger partial charge < -0.3 is 9.47 Å². The molecule has 0 radical (unpaired) electrons. The molecule has 158 valence electrons. The van der Waals surface area contributed by atoms with Gasteiger partial charge in [-0.15, -0.1) is 0 Å². The fraction of sp³-hybridized carbons (Fsp3) is 0.577. The molecule has 1 aliphatic rings. The van der Waals surface area contributed by atoms with E-state index in [0.29, 0.717) is 19.1 Å². The van der Waals surface area contributed by atoms with E-state index in [4.69, 9.17) is 14.5 Å². The van der Waals surface area contributed by atoms with Crippen molar-refractivity contribution < 1.29 is 9.47 Å². The third kappa shape index (κ3) is 5.01. The first-order valence-corrected chi connectivity index (χ1v) is 11.6. The highest BCUT2D eigenvalue weighted by atomic mass is 16.5. The summed E-state index contributed by atoms with van der Waals surface area (Å²) in [4.78, 5) is 4.95. The molecule has 3 nitrogen and oxygen atoms in total. The van der Waals surface area contributed by atoms with Crippen molar-refractivity contribution in [2.24, 2.45) is 5.92 Å². The van der Waals surface area contributed by atoms with Gasteiger partial charge in [0.2, 0.25) is 0 Å². The van der Waals surface area contributed by atoms with E-state index >= 15 is 0 Å². The summed E-state index contributed by atoms with van der Waals surface area (Å²) in [7, 11) is 0. The highest BCUT2D eigenvalue weighted by Gasteiger charge is 2.29. The number of rotatable bonds is 9. The molecule has 2 aromatic rings. The molecule has 1 aromatic heterocycles. The van der Waals surface area contributed by atoms with Gasteiger partial charge in [0.25, 0.3) is 0 Å². The summed E-state index contributed by atoms with van der Waals surface area (Å²) in [5.41, 5.74) is 6.11. The van der Waals surface area contributed by atoms with Gasteiger partial charge in [-0.25, -0.2) is 0 Å². The number of aryl methyl sites for hydroxylation is 2. The number of hydrogen-bond donors (Lipinski definition) is 0. The number of aromatic nitrogens is 1. The molecule has 0 aliphatic heterocycles. The van der Waals surface area contributed by atoms with E-state index in [1.807, 2.05) is 6.20 Å². The molecule has 0 bridgehead atoms. The van der Waals surface area contributed by atoms with Crippen LogP contribution in [-0.2, 0) is 17.6 Å². The maximum atomic E-state index is 6.27. The zero-order chi connectivity index (χ0) is 20.6. The zero-order valence-corrected chi connectivity index (χ0v) is 18.7. The molecule has 0 saturated heterocycles. The van der Waals surface area contributed by atoms with E-state index in [1.54, 1.807) is 0 Å². The topological polar surface area (TPSA) is 31.4 Å². The van der Waals surface area contributed by atoms with Gasteiger partial charge in [0.1, 0.15) is 5.75 Å². The summed E-state index contributed by atoms with van der Waals surface area (Å²) >= 11 is 0. The lowest BCUT2D eigenvalue weighted by molar-refractivity contribution is 0.00376. The monoisotopic (exact) mass is 395 g/mol. The Bertz CT molecular complexity index is 758. The van der Waals surface area contributed by atoms with Gasteiger partial charge in [0.15, 0.2) is 0 Å². The SMILES string of the molecule is CCOc1cc(-c2c(CC)cccc2CC)ncc1[C@@H](OCC)C1CCCCC1. The number of nitrogens with zero attached hydrogens (tertiary/aromatic N) is 1. The van der Waals surface area contributed by atoms with Crippen LogP contribution < -0.4 is 4.74 Å². The molecule has 3 rings (SSSR count). The van der Waals surface area contributed by atoms with Crippen molar-refractivity contribution in [2.45, 2.75) is 78.7 Å². The van der Waals surface area contributed by atoms with Gasteiger partial charge in [0.05, 0.1) is 18.4 Å². The second kappa shape index (κ2) is 10.8. The molecule has 0 unspecified atom stereocenters. The maximum absolute atomic E-state index is 6.27. The summed E-state index contributed by atoms with van der Waals surface area (Å²) in [6.45, 7) is 9.93. The molecule has 0 amide bonds. The Kier molecular flexibility index (Phi) is 8.11. The highest BCUT2D eigenvalue weighted by molar-refractivity contribution is 5.69. The van der Waals surface area contributed by atoms with Gasteiger partial charge in [-0.2, -0.15) is 0 Å². The summed E-state index contributed by atoms with van der Waals surface area (Å²) in [6, 6.07) is 8.75. The van der Waals surface area contributed by atoms with Crippen LogP contribution in [0.4, 0.5) is 0 Å². The van der Waals surface area contributed by atoms with Crippen LogP contribution in [0.15, 0.2) is 30.5 Å². The van der Waals surface area contributed by atoms with E-state index < -0.39 is 0 Å². The average Bonchev–Trinajstić information content (AvgIpc) is 2.78. The molecule has 1 heterocycles. The summed E-state index contributed by atoms with van der Waals surface area (Å²) < 4.78 is 12.4. The van der Waals surface area contributed by atoms with Crippen LogP contribution in [0.25, 0.3) is 11.3 Å². The lowest BCUT2D eigenvalue weighted by Gasteiger charge is -2.31. The number of benzene rings is 1. The lowest BCUT2D eigenvalue weighted by atomic mass is 9.82. The number of pyridine rings is 1. The Morgan fingerprint density at radius 3 is 2.24 bits per heavy atom. The molecule has 29 heavy (non-hydrogen) atoms. The van der Waals surface area contributed by atoms with Crippen molar-refractivity contribution in [1.29, 1.82) is 0 Å². The Morgan fingerprint density at radius 2 is 1.66 bits per heavy atom. The summed E-state index contributed by atoms with van der Waals surface area (Å²) in [5, 5.41) is 0. The van der Waals surface area contributed by atoms with E-state index in [-0.39, 0.29) is 6.10 Å². The first kappa shape index (κ1) is 21.8.